The van der Waals surface area contributed by atoms with Gasteiger partial charge in [-0.1, -0.05) is 319 Å². The van der Waals surface area contributed by atoms with Gasteiger partial charge in [0.1, 0.15) is 19.3 Å². The van der Waals surface area contributed by atoms with E-state index in [0.29, 0.717) is 31.6 Å². The van der Waals surface area contributed by atoms with Gasteiger partial charge in [-0.05, 0) is 49.4 Å². The van der Waals surface area contributed by atoms with E-state index in [4.69, 9.17) is 37.0 Å². The Hall–Kier alpha value is -1.94. The molecule has 0 aromatic rings. The maximum absolute atomic E-state index is 13.0. The zero-order valence-corrected chi connectivity index (χ0v) is 62.7. The van der Waals surface area contributed by atoms with E-state index >= 15 is 0 Å². The molecule has 0 spiro atoms. The molecule has 0 aromatic carbocycles. The number of aliphatic hydroxyl groups is 1. The predicted molar refractivity (Wildman–Crippen MR) is 377 cm³/mol. The summed E-state index contributed by atoms with van der Waals surface area (Å²) in [5.41, 5.74) is 0. The molecule has 0 radical (unpaired) electrons. The Balaban J connectivity index is 5.13. The number of ether oxygens (including phenoxy) is 4. The highest BCUT2D eigenvalue weighted by molar-refractivity contribution is 7.47. The van der Waals surface area contributed by atoms with Crippen LogP contribution in [0.4, 0.5) is 0 Å². The van der Waals surface area contributed by atoms with Crippen molar-refractivity contribution < 1.29 is 80.2 Å². The lowest BCUT2D eigenvalue weighted by atomic mass is 9.99. The molecule has 4 unspecified atom stereocenters. The van der Waals surface area contributed by atoms with E-state index in [0.717, 1.165) is 108 Å². The van der Waals surface area contributed by atoms with Crippen LogP contribution in [0, 0.1) is 23.7 Å². The van der Waals surface area contributed by atoms with Crippen LogP contribution in [0.2, 0.25) is 0 Å². The maximum Gasteiger partial charge on any atom is 0.472 e. The molecule has 0 fully saturated rings. The Labute approximate surface area is 568 Å². The number of esters is 4. The minimum atomic E-state index is -4.95. The van der Waals surface area contributed by atoms with Gasteiger partial charge in [0.05, 0.1) is 26.4 Å². The lowest BCUT2D eigenvalue weighted by molar-refractivity contribution is -0.161. The third kappa shape index (κ3) is 67.0. The van der Waals surface area contributed by atoms with Crippen LogP contribution >= 0.6 is 15.6 Å². The highest BCUT2D eigenvalue weighted by atomic mass is 31.2. The summed E-state index contributed by atoms with van der Waals surface area (Å²) in [5.74, 6) is 0.857. The summed E-state index contributed by atoms with van der Waals surface area (Å²) in [6.07, 6.45) is 47.6. The average Bonchev–Trinajstić information content (AvgIpc) is 2.35. The summed E-state index contributed by atoms with van der Waals surface area (Å²) in [6, 6.07) is 0. The summed E-state index contributed by atoms with van der Waals surface area (Å²) in [7, 11) is -9.91. The van der Waals surface area contributed by atoms with Gasteiger partial charge in [0, 0.05) is 25.7 Å². The molecule has 552 valence electrons. The molecule has 0 saturated carbocycles. The number of phosphoric acid groups is 2. The molecule has 0 saturated heterocycles. The van der Waals surface area contributed by atoms with Crippen LogP contribution in [0.25, 0.3) is 0 Å². The van der Waals surface area contributed by atoms with Gasteiger partial charge in [-0.3, -0.25) is 37.3 Å². The van der Waals surface area contributed by atoms with E-state index in [9.17, 15) is 43.2 Å². The molecule has 0 aromatic heterocycles. The van der Waals surface area contributed by atoms with Crippen molar-refractivity contribution in [3.8, 4) is 0 Å². The van der Waals surface area contributed by atoms with Crippen LogP contribution in [-0.4, -0.2) is 96.7 Å². The van der Waals surface area contributed by atoms with Crippen LogP contribution in [0.1, 0.15) is 370 Å². The normalized spacial score (nSPS) is 14.5. The molecule has 6 atom stereocenters. The van der Waals surface area contributed by atoms with Crippen molar-refractivity contribution in [3.63, 3.8) is 0 Å². The van der Waals surface area contributed by atoms with Crippen LogP contribution in [0.15, 0.2) is 0 Å². The molecule has 19 heteroatoms. The van der Waals surface area contributed by atoms with Gasteiger partial charge < -0.3 is 33.8 Å². The number of rotatable bonds is 71. The highest BCUT2D eigenvalue weighted by Crippen LogP contribution is 2.45. The smallest absolute Gasteiger partial charge is 0.462 e. The third-order valence-electron chi connectivity index (χ3n) is 17.4. The number of phosphoric ester groups is 2. The lowest BCUT2D eigenvalue weighted by Gasteiger charge is -2.21. The summed E-state index contributed by atoms with van der Waals surface area (Å²) in [5, 5.41) is 10.6. The second-order valence-electron chi connectivity index (χ2n) is 28.4. The molecule has 0 bridgehead atoms. The lowest BCUT2D eigenvalue weighted by Crippen LogP contribution is -2.30. The second-order valence-corrected chi connectivity index (χ2v) is 31.3. The van der Waals surface area contributed by atoms with Crippen molar-refractivity contribution in [2.24, 2.45) is 23.7 Å². The zero-order valence-electron chi connectivity index (χ0n) is 60.9. The predicted octanol–water partition coefficient (Wildman–Crippen LogP) is 21.3. The van der Waals surface area contributed by atoms with Gasteiger partial charge in [-0.15, -0.1) is 0 Å². The highest BCUT2D eigenvalue weighted by Gasteiger charge is 2.30. The standard InChI is InChI=1S/C74H144O17P2/c1-9-67(8)53-45-37-28-23-25-31-40-48-56-73(78)90-69(60-85-72(77)55-47-39-30-24-22-27-35-43-51-65(4)5)62-88-92(80,81)86-58-68(75)59-87-93(82,83)89-63-70(91-74(79)57-49-41-33-32-36-44-52-66(6)7)61-84-71(76)54-46-38-29-21-19-17-15-13-11-10-12-14-16-18-20-26-34-42-50-64(2)3/h64-70,75H,9-63H2,1-8H3,(H,80,81)(H,82,83)/t67?,68?,69-,70-/m1/s1. The number of hydrogen-bond donors (Lipinski definition) is 3. The van der Waals surface area contributed by atoms with Crippen molar-refractivity contribution >= 4 is 39.5 Å². The first-order valence-electron chi connectivity index (χ1n) is 38.2. The quantitative estimate of drug-likeness (QED) is 0.0222. The fourth-order valence-electron chi connectivity index (χ4n) is 11.2. The summed E-state index contributed by atoms with van der Waals surface area (Å²) < 4.78 is 68.3. The Kier molecular flexibility index (Phi) is 62.2. The zero-order chi connectivity index (χ0) is 68.9. The largest absolute Gasteiger partial charge is 0.472 e. The van der Waals surface area contributed by atoms with Crippen LogP contribution < -0.4 is 0 Å². The van der Waals surface area contributed by atoms with E-state index in [1.165, 1.54) is 173 Å². The number of hydrogen-bond acceptors (Lipinski definition) is 15. The fraction of sp³-hybridized carbons (Fsp3) is 0.946. The molecule has 0 rings (SSSR count). The van der Waals surface area contributed by atoms with E-state index < -0.39 is 97.5 Å². The summed E-state index contributed by atoms with van der Waals surface area (Å²) in [6.45, 7) is 14.1. The third-order valence-corrected chi connectivity index (χ3v) is 19.3. The number of unbranched alkanes of at least 4 members (excludes halogenated alkanes) is 36. The minimum absolute atomic E-state index is 0.102. The Morgan fingerprint density at radius 1 is 0.301 bits per heavy atom. The first kappa shape index (κ1) is 91.1. The molecule has 0 aliphatic heterocycles. The molecule has 0 amide bonds. The molecule has 3 N–H and O–H groups in total. The van der Waals surface area contributed by atoms with Crippen LogP contribution in [0.3, 0.4) is 0 Å². The Morgan fingerprint density at radius 2 is 0.516 bits per heavy atom. The van der Waals surface area contributed by atoms with E-state index in [1.807, 2.05) is 0 Å². The second kappa shape index (κ2) is 63.5. The van der Waals surface area contributed by atoms with E-state index in [1.54, 1.807) is 0 Å². The first-order valence-corrected chi connectivity index (χ1v) is 41.2. The van der Waals surface area contributed by atoms with Gasteiger partial charge in [0.2, 0.25) is 0 Å². The maximum atomic E-state index is 13.0. The topological polar surface area (TPSA) is 237 Å². The van der Waals surface area contributed by atoms with Crippen molar-refractivity contribution in [2.75, 3.05) is 39.6 Å². The molecule has 0 aliphatic carbocycles. The molecule has 0 heterocycles. The molecule has 93 heavy (non-hydrogen) atoms. The Morgan fingerprint density at radius 3 is 0.763 bits per heavy atom. The number of aliphatic hydroxyl groups excluding tert-OH is 1. The minimum Gasteiger partial charge on any atom is -0.462 e. The SMILES string of the molecule is CCC(C)CCCCCCCCCCC(=O)O[C@H](COC(=O)CCCCCCCCCCC(C)C)COP(=O)(O)OCC(O)COP(=O)(O)OC[C@@H](COC(=O)CCCCCCCCCCCCCCCCCCCCC(C)C)OC(=O)CCCCCCCCC(C)C. The Bertz CT molecular complexity index is 1840. The van der Waals surface area contributed by atoms with Crippen molar-refractivity contribution in [1.29, 1.82) is 0 Å². The van der Waals surface area contributed by atoms with Crippen LogP contribution in [0.5, 0.6) is 0 Å². The van der Waals surface area contributed by atoms with E-state index in [2.05, 4.69) is 55.4 Å². The van der Waals surface area contributed by atoms with Gasteiger partial charge in [0.15, 0.2) is 12.2 Å². The van der Waals surface area contributed by atoms with Crippen molar-refractivity contribution in [2.45, 2.75) is 388 Å². The molecule has 0 aliphatic rings. The van der Waals surface area contributed by atoms with Crippen molar-refractivity contribution in [1.82, 2.24) is 0 Å². The van der Waals surface area contributed by atoms with E-state index in [-0.39, 0.29) is 25.7 Å². The first-order chi connectivity index (χ1) is 44.6. The molecular weight excluding hydrogens is 1220 g/mol. The fourth-order valence-corrected chi connectivity index (χ4v) is 12.7. The monoisotopic (exact) mass is 1370 g/mol. The summed E-state index contributed by atoms with van der Waals surface area (Å²) >= 11 is 0. The van der Waals surface area contributed by atoms with Crippen LogP contribution in [-0.2, 0) is 65.4 Å². The van der Waals surface area contributed by atoms with Gasteiger partial charge in [0.25, 0.3) is 0 Å². The van der Waals surface area contributed by atoms with Gasteiger partial charge >= 0.3 is 39.5 Å². The molecule has 17 nitrogen and oxygen atoms in total. The van der Waals surface area contributed by atoms with Crippen molar-refractivity contribution in [3.05, 3.63) is 0 Å². The molecular formula is C74H144O17P2. The number of carbonyl (C=O) groups is 4. The van der Waals surface area contributed by atoms with Gasteiger partial charge in [-0.2, -0.15) is 0 Å². The summed E-state index contributed by atoms with van der Waals surface area (Å²) in [4.78, 5) is 72.6. The van der Waals surface area contributed by atoms with Gasteiger partial charge in [-0.25, -0.2) is 9.13 Å². The number of carbonyl (C=O) groups excluding carboxylic acids is 4. The average molecular weight is 1370 g/mol.